The first-order valence-electron chi connectivity index (χ1n) is 9.79. The summed E-state index contributed by atoms with van der Waals surface area (Å²) < 4.78 is 59.0. The summed E-state index contributed by atoms with van der Waals surface area (Å²) in [6.07, 6.45) is -4.72. The molecule has 0 bridgehead atoms. The molecule has 0 atom stereocenters. The fraction of sp³-hybridized carbons (Fsp3) is 0.190. The number of aromatic nitrogens is 6. The summed E-state index contributed by atoms with van der Waals surface area (Å²) in [5.41, 5.74) is -1.29. The molecule has 0 aliphatic carbocycles. The van der Waals surface area contributed by atoms with Crippen LogP contribution in [-0.2, 0) is 19.0 Å². The summed E-state index contributed by atoms with van der Waals surface area (Å²) in [6, 6.07) is 9.25. The topological polar surface area (TPSA) is 94.3 Å². The number of nitriles is 1. The molecule has 0 saturated heterocycles. The Morgan fingerprint density at radius 1 is 1.17 bits per heavy atom. The third-order valence-corrected chi connectivity index (χ3v) is 6.48. The van der Waals surface area contributed by atoms with Crippen LogP contribution in [0.25, 0.3) is 11.4 Å². The monoisotopic (exact) mass is 523 g/mol. The summed E-state index contributed by atoms with van der Waals surface area (Å²) in [5.74, 6) is -1.04. The highest BCUT2D eigenvalue weighted by molar-refractivity contribution is 7.98. The highest BCUT2D eigenvalue weighted by Crippen LogP contribution is 2.38. The largest absolute Gasteiger partial charge is 0.416 e. The molecule has 2 aromatic heterocycles. The van der Waals surface area contributed by atoms with Crippen molar-refractivity contribution < 1.29 is 17.6 Å². The van der Waals surface area contributed by atoms with E-state index in [4.69, 9.17) is 16.9 Å². The average molecular weight is 524 g/mol. The van der Waals surface area contributed by atoms with Crippen molar-refractivity contribution in [1.82, 2.24) is 29.6 Å². The zero-order valence-electron chi connectivity index (χ0n) is 18.0. The summed E-state index contributed by atoms with van der Waals surface area (Å²) in [4.78, 5) is 12.3. The van der Waals surface area contributed by atoms with Crippen LogP contribution in [0.2, 0.25) is 5.15 Å². The predicted octanol–water partition coefficient (Wildman–Crippen LogP) is 4.44. The Morgan fingerprint density at radius 3 is 2.49 bits per heavy atom. The molecule has 180 valence electrons. The molecule has 35 heavy (non-hydrogen) atoms. The minimum Gasteiger partial charge on any atom is -0.244 e. The van der Waals surface area contributed by atoms with Crippen molar-refractivity contribution in [3.05, 3.63) is 80.2 Å². The van der Waals surface area contributed by atoms with E-state index >= 15 is 0 Å². The van der Waals surface area contributed by atoms with Gasteiger partial charge in [0.1, 0.15) is 17.4 Å². The van der Waals surface area contributed by atoms with E-state index in [1.165, 1.54) is 29.9 Å². The van der Waals surface area contributed by atoms with E-state index in [-0.39, 0.29) is 38.3 Å². The summed E-state index contributed by atoms with van der Waals surface area (Å²) in [6.45, 7) is 1.58. The maximum atomic E-state index is 14.9. The third-order valence-electron chi connectivity index (χ3n) is 5.05. The number of alkyl halides is 3. The Morgan fingerprint density at radius 2 is 1.91 bits per heavy atom. The molecule has 0 N–H and O–H groups in total. The third kappa shape index (κ3) is 4.54. The SMILES string of the molecule is Cc1nn(-c2ccc(SCc3c(-n4nnn(C)c4=O)cccc3C(F)(F)F)c(F)c2)c(Cl)c1C#N. The maximum Gasteiger partial charge on any atom is 0.416 e. The molecule has 0 saturated carbocycles. The minimum atomic E-state index is -4.72. The van der Waals surface area contributed by atoms with Crippen molar-refractivity contribution in [2.75, 3.05) is 0 Å². The molecule has 14 heteroatoms. The zero-order valence-corrected chi connectivity index (χ0v) is 19.6. The molecule has 2 aromatic carbocycles. The Bertz CT molecular complexity index is 1530. The van der Waals surface area contributed by atoms with E-state index in [1.807, 2.05) is 6.07 Å². The van der Waals surface area contributed by atoms with Gasteiger partial charge in [-0.2, -0.15) is 32.9 Å². The van der Waals surface area contributed by atoms with Gasteiger partial charge in [-0.1, -0.05) is 17.7 Å². The summed E-state index contributed by atoms with van der Waals surface area (Å²) in [5, 5.41) is 20.5. The number of aryl methyl sites for hydroxylation is 2. The lowest BCUT2D eigenvalue weighted by atomic mass is 10.1. The first-order valence-corrected chi connectivity index (χ1v) is 11.2. The second-order valence-corrected chi connectivity index (χ2v) is 8.65. The van der Waals surface area contributed by atoms with E-state index in [0.29, 0.717) is 5.69 Å². The van der Waals surface area contributed by atoms with Crippen molar-refractivity contribution in [3.8, 4) is 17.4 Å². The number of nitrogens with zero attached hydrogens (tertiary/aromatic N) is 7. The van der Waals surface area contributed by atoms with Crippen molar-refractivity contribution >= 4 is 23.4 Å². The smallest absolute Gasteiger partial charge is 0.244 e. The fourth-order valence-corrected chi connectivity index (χ4v) is 4.62. The van der Waals surface area contributed by atoms with Crippen molar-refractivity contribution in [2.24, 2.45) is 7.05 Å². The van der Waals surface area contributed by atoms with Gasteiger partial charge in [0.25, 0.3) is 0 Å². The lowest BCUT2D eigenvalue weighted by Gasteiger charge is -2.16. The van der Waals surface area contributed by atoms with Crippen LogP contribution in [0.3, 0.4) is 0 Å². The van der Waals surface area contributed by atoms with E-state index in [2.05, 4.69) is 15.5 Å². The normalized spacial score (nSPS) is 11.6. The van der Waals surface area contributed by atoms with Crippen LogP contribution < -0.4 is 5.69 Å². The lowest BCUT2D eigenvalue weighted by Crippen LogP contribution is -2.23. The van der Waals surface area contributed by atoms with Crippen molar-refractivity contribution in [2.45, 2.75) is 23.7 Å². The molecule has 4 rings (SSSR count). The lowest BCUT2D eigenvalue weighted by molar-refractivity contribution is -0.138. The molecule has 0 fully saturated rings. The number of hydrogen-bond acceptors (Lipinski definition) is 6. The van der Waals surface area contributed by atoms with Gasteiger partial charge in [-0.3, -0.25) is 0 Å². The summed E-state index contributed by atoms with van der Waals surface area (Å²) in [7, 11) is 1.32. The Kier molecular flexibility index (Phi) is 6.44. The molecule has 0 aliphatic rings. The van der Waals surface area contributed by atoms with Crippen LogP contribution >= 0.6 is 23.4 Å². The minimum absolute atomic E-state index is 0.0166. The second-order valence-electron chi connectivity index (χ2n) is 7.28. The highest BCUT2D eigenvalue weighted by atomic mass is 35.5. The average Bonchev–Trinajstić information content (AvgIpc) is 3.29. The van der Waals surface area contributed by atoms with Gasteiger partial charge in [0.15, 0.2) is 5.15 Å². The molecule has 0 aliphatic heterocycles. The van der Waals surface area contributed by atoms with E-state index in [1.54, 1.807) is 6.92 Å². The number of rotatable bonds is 5. The highest BCUT2D eigenvalue weighted by Gasteiger charge is 2.35. The molecule has 4 aromatic rings. The Hall–Kier alpha value is -3.63. The summed E-state index contributed by atoms with van der Waals surface area (Å²) >= 11 is 6.96. The van der Waals surface area contributed by atoms with Gasteiger partial charge in [-0.05, 0) is 41.6 Å². The fourth-order valence-electron chi connectivity index (χ4n) is 3.34. The van der Waals surface area contributed by atoms with Gasteiger partial charge in [0.05, 0.1) is 22.6 Å². The molecule has 0 amide bonds. The van der Waals surface area contributed by atoms with Gasteiger partial charge in [0.2, 0.25) is 0 Å². The van der Waals surface area contributed by atoms with Gasteiger partial charge < -0.3 is 0 Å². The van der Waals surface area contributed by atoms with Crippen molar-refractivity contribution in [3.63, 3.8) is 0 Å². The standard InChI is InChI=1S/C21H14ClF4N7OS/c1-11-13(9-27)19(22)32(28-11)12-6-7-18(16(23)8-12)35-10-14-15(21(24,25)26)4-3-5-17(14)33-20(34)31(2)29-30-33/h3-8H,10H2,1-2H3. The van der Waals surface area contributed by atoms with Gasteiger partial charge in [0, 0.05) is 29.3 Å². The molecular formula is C21H14ClF4N7OS. The van der Waals surface area contributed by atoms with Crippen LogP contribution in [-0.4, -0.2) is 29.6 Å². The Labute approximate surface area is 204 Å². The van der Waals surface area contributed by atoms with Gasteiger partial charge in [-0.15, -0.1) is 11.8 Å². The molecule has 2 heterocycles. The Balaban J connectivity index is 1.70. The van der Waals surface area contributed by atoms with E-state index < -0.39 is 23.2 Å². The van der Waals surface area contributed by atoms with Crippen LogP contribution in [0, 0.1) is 24.1 Å². The quantitative estimate of drug-likeness (QED) is 0.284. The van der Waals surface area contributed by atoms with E-state index in [9.17, 15) is 22.4 Å². The van der Waals surface area contributed by atoms with Gasteiger partial charge in [-0.25, -0.2) is 13.9 Å². The molecule has 0 radical (unpaired) electrons. The number of halogens is 5. The van der Waals surface area contributed by atoms with Crippen LogP contribution in [0.5, 0.6) is 0 Å². The maximum absolute atomic E-state index is 14.9. The van der Waals surface area contributed by atoms with E-state index in [0.717, 1.165) is 39.3 Å². The van der Waals surface area contributed by atoms with Crippen LogP contribution in [0.15, 0.2) is 46.1 Å². The second kappa shape index (κ2) is 9.20. The first kappa shape index (κ1) is 24.5. The van der Waals surface area contributed by atoms with Gasteiger partial charge >= 0.3 is 11.9 Å². The number of benzene rings is 2. The number of thioether (sulfide) groups is 1. The predicted molar refractivity (Wildman–Crippen MR) is 119 cm³/mol. The molecule has 0 unspecified atom stereocenters. The number of hydrogen-bond donors (Lipinski definition) is 0. The first-order chi connectivity index (χ1) is 16.5. The van der Waals surface area contributed by atoms with Crippen molar-refractivity contribution in [1.29, 1.82) is 5.26 Å². The molecular weight excluding hydrogens is 510 g/mol. The number of tetrazole rings is 1. The van der Waals surface area contributed by atoms with Crippen LogP contribution in [0.4, 0.5) is 17.6 Å². The molecule has 8 nitrogen and oxygen atoms in total. The zero-order chi connectivity index (χ0) is 25.5. The van der Waals surface area contributed by atoms with Crippen LogP contribution in [0.1, 0.15) is 22.4 Å². The molecule has 0 spiro atoms.